The highest BCUT2D eigenvalue weighted by Gasteiger charge is 2.66. The zero-order valence-electron chi connectivity index (χ0n) is 14.1. The van der Waals surface area contributed by atoms with E-state index in [1.807, 2.05) is 0 Å². The van der Waals surface area contributed by atoms with Gasteiger partial charge in [-0.3, -0.25) is 10.6 Å². The van der Waals surface area contributed by atoms with Gasteiger partial charge in [-0.05, 0) is 31.2 Å². The van der Waals surface area contributed by atoms with Gasteiger partial charge in [0, 0.05) is 6.20 Å². The largest absolute Gasteiger partial charge is 0.461 e. The van der Waals surface area contributed by atoms with E-state index in [9.17, 15) is 22.8 Å². The summed E-state index contributed by atoms with van der Waals surface area (Å²) in [5.41, 5.74) is -3.75. The van der Waals surface area contributed by atoms with Crippen molar-refractivity contribution >= 4 is 17.8 Å². The molecule has 27 heavy (non-hydrogen) atoms. The first kappa shape index (κ1) is 20.0. The van der Waals surface area contributed by atoms with Crippen molar-refractivity contribution < 1.29 is 32.2 Å². The van der Waals surface area contributed by atoms with Crippen LogP contribution in [0.25, 0.3) is 0 Å². The van der Waals surface area contributed by atoms with Crippen molar-refractivity contribution in [1.29, 1.82) is 0 Å². The van der Waals surface area contributed by atoms with E-state index in [0.29, 0.717) is 0 Å². The molecule has 10 heteroatoms. The number of aromatic nitrogens is 1. The first-order chi connectivity index (χ1) is 12.8. The van der Waals surface area contributed by atoms with Crippen LogP contribution in [0.15, 0.2) is 54.7 Å². The fraction of sp³-hybridized carbons (Fsp3) is 0.235. The van der Waals surface area contributed by atoms with Crippen molar-refractivity contribution in [2.24, 2.45) is 0 Å². The van der Waals surface area contributed by atoms with E-state index in [-0.39, 0.29) is 18.2 Å². The van der Waals surface area contributed by atoms with Gasteiger partial charge in [-0.1, -0.05) is 24.3 Å². The van der Waals surface area contributed by atoms with Crippen LogP contribution >= 0.6 is 0 Å². The minimum atomic E-state index is -5.32. The number of hydrogen-bond acceptors (Lipinski definition) is 5. The number of carbonyl (C=O) groups excluding carboxylic acids is 2. The third-order valence-electron chi connectivity index (χ3n) is 3.17. The number of benzene rings is 1. The number of amides is 2. The molecule has 0 aliphatic carbocycles. The molecule has 1 aromatic heterocycles. The molecular weight excluding hydrogens is 367 g/mol. The fourth-order valence-corrected chi connectivity index (χ4v) is 2.00. The lowest BCUT2D eigenvalue weighted by molar-refractivity contribution is -0.259. The Kier molecular flexibility index (Phi) is 6.22. The Labute approximate surface area is 152 Å². The predicted molar refractivity (Wildman–Crippen MR) is 88.9 cm³/mol. The number of para-hydroxylation sites is 1. The number of anilines is 1. The number of pyridine rings is 1. The van der Waals surface area contributed by atoms with E-state index < -0.39 is 23.9 Å². The van der Waals surface area contributed by atoms with Gasteiger partial charge in [0.2, 0.25) is 0 Å². The molecule has 0 bridgehead atoms. The number of rotatable bonds is 6. The van der Waals surface area contributed by atoms with Crippen LogP contribution in [-0.4, -0.2) is 35.5 Å². The van der Waals surface area contributed by atoms with E-state index in [1.54, 1.807) is 17.4 Å². The first-order valence-corrected chi connectivity index (χ1v) is 7.76. The molecule has 0 spiro atoms. The number of urea groups is 1. The normalized spacial score (nSPS) is 13.2. The van der Waals surface area contributed by atoms with Gasteiger partial charge in [0.05, 0.1) is 6.61 Å². The molecule has 2 aromatic rings. The first-order valence-electron chi connectivity index (χ1n) is 7.76. The van der Waals surface area contributed by atoms with Crippen LogP contribution in [-0.2, 0) is 9.53 Å². The molecule has 0 radical (unpaired) electrons. The zero-order chi connectivity index (χ0) is 19.9. The number of alkyl halides is 3. The second-order valence-electron chi connectivity index (χ2n) is 5.11. The van der Waals surface area contributed by atoms with Gasteiger partial charge < -0.3 is 9.47 Å². The highest BCUT2D eigenvalue weighted by atomic mass is 19.4. The zero-order valence-corrected chi connectivity index (χ0v) is 14.1. The minimum Gasteiger partial charge on any atom is -0.461 e. The van der Waals surface area contributed by atoms with Crippen molar-refractivity contribution in [3.8, 4) is 5.75 Å². The number of halogens is 3. The van der Waals surface area contributed by atoms with E-state index >= 15 is 0 Å². The Morgan fingerprint density at radius 2 is 1.74 bits per heavy atom. The molecule has 0 saturated heterocycles. The van der Waals surface area contributed by atoms with Crippen molar-refractivity contribution in [3.05, 3.63) is 54.7 Å². The van der Waals surface area contributed by atoms with Gasteiger partial charge in [-0.25, -0.2) is 14.6 Å². The molecule has 0 aliphatic heterocycles. The Morgan fingerprint density at radius 3 is 2.30 bits per heavy atom. The van der Waals surface area contributed by atoms with Crippen LogP contribution in [0, 0.1) is 0 Å². The number of nitrogens with one attached hydrogen (secondary N) is 2. The molecular formula is C17H16F3N3O4. The lowest BCUT2D eigenvalue weighted by Gasteiger charge is -2.33. The Bertz CT molecular complexity index is 772. The fourth-order valence-electron chi connectivity index (χ4n) is 2.00. The number of nitrogens with zero attached hydrogens (tertiary/aromatic N) is 1. The van der Waals surface area contributed by atoms with Gasteiger partial charge in [0.15, 0.2) is 0 Å². The molecule has 0 aliphatic rings. The lowest BCUT2D eigenvalue weighted by atomic mass is 10.2. The van der Waals surface area contributed by atoms with Crippen molar-refractivity contribution in [1.82, 2.24) is 10.3 Å². The van der Waals surface area contributed by atoms with E-state index in [1.165, 1.54) is 49.5 Å². The summed E-state index contributed by atoms with van der Waals surface area (Å²) >= 11 is 0. The van der Waals surface area contributed by atoms with Crippen molar-refractivity contribution in [2.75, 3.05) is 11.9 Å². The SMILES string of the molecule is CCOC(=O)C(NC(=O)Nc1ccccn1)(Oc1ccccc1)C(F)(F)F. The second kappa shape index (κ2) is 8.39. The summed E-state index contributed by atoms with van der Waals surface area (Å²) in [4.78, 5) is 28.1. The van der Waals surface area contributed by atoms with Gasteiger partial charge >= 0.3 is 23.9 Å². The number of carbonyl (C=O) groups is 2. The second-order valence-corrected chi connectivity index (χ2v) is 5.11. The summed E-state index contributed by atoms with van der Waals surface area (Å²) in [5, 5.41) is 3.64. The maximum Gasteiger partial charge on any atom is 0.460 e. The van der Waals surface area contributed by atoms with Gasteiger partial charge in [-0.15, -0.1) is 0 Å². The molecule has 7 nitrogen and oxygen atoms in total. The molecule has 144 valence electrons. The maximum absolute atomic E-state index is 13.8. The van der Waals surface area contributed by atoms with Crippen LogP contribution in [0.2, 0.25) is 0 Å². The number of ether oxygens (including phenoxy) is 2. The van der Waals surface area contributed by atoms with E-state index in [2.05, 4.69) is 15.0 Å². The molecule has 2 amide bonds. The number of esters is 1. The molecule has 0 fully saturated rings. The monoisotopic (exact) mass is 383 g/mol. The summed E-state index contributed by atoms with van der Waals surface area (Å²) < 4.78 is 51.0. The summed E-state index contributed by atoms with van der Waals surface area (Å²) in [7, 11) is 0. The Hall–Kier alpha value is -3.30. The maximum atomic E-state index is 13.8. The van der Waals surface area contributed by atoms with Crippen LogP contribution in [0.1, 0.15) is 6.92 Å². The molecule has 2 N–H and O–H groups in total. The van der Waals surface area contributed by atoms with Crippen molar-refractivity contribution in [3.63, 3.8) is 0 Å². The molecule has 0 saturated carbocycles. The molecule has 1 aromatic carbocycles. The topological polar surface area (TPSA) is 89.5 Å². The van der Waals surface area contributed by atoms with Crippen LogP contribution in [0.3, 0.4) is 0 Å². The van der Waals surface area contributed by atoms with Crippen molar-refractivity contribution in [2.45, 2.75) is 18.8 Å². The van der Waals surface area contributed by atoms with E-state index in [0.717, 1.165) is 0 Å². The summed E-state index contributed by atoms with van der Waals surface area (Å²) in [6.07, 6.45) is -3.99. The molecule has 2 rings (SSSR count). The Morgan fingerprint density at radius 1 is 1.07 bits per heavy atom. The van der Waals surface area contributed by atoms with Crippen LogP contribution < -0.4 is 15.4 Å². The Balaban J connectivity index is 2.37. The standard InChI is InChI=1S/C17H16F3N3O4/c1-2-26-14(24)16(17(18,19)20,27-12-8-4-3-5-9-12)23-15(25)22-13-10-6-7-11-21-13/h3-11H,2H2,1H3,(H2,21,22,23,25). The molecule has 1 unspecified atom stereocenters. The summed E-state index contributed by atoms with van der Waals surface area (Å²) in [5.74, 6) is -2.12. The predicted octanol–water partition coefficient (Wildman–Crippen LogP) is 3.10. The smallest absolute Gasteiger partial charge is 0.460 e. The third kappa shape index (κ3) is 4.87. The quantitative estimate of drug-likeness (QED) is 0.591. The highest BCUT2D eigenvalue weighted by molar-refractivity contribution is 5.93. The highest BCUT2D eigenvalue weighted by Crippen LogP contribution is 2.34. The number of hydrogen-bond donors (Lipinski definition) is 2. The summed E-state index contributed by atoms with van der Waals surface area (Å²) in [6, 6.07) is 9.87. The van der Waals surface area contributed by atoms with Gasteiger partial charge in [0.25, 0.3) is 0 Å². The van der Waals surface area contributed by atoms with Crippen LogP contribution in [0.5, 0.6) is 5.75 Å². The third-order valence-corrected chi connectivity index (χ3v) is 3.17. The van der Waals surface area contributed by atoms with Gasteiger partial charge in [-0.2, -0.15) is 13.2 Å². The lowest BCUT2D eigenvalue weighted by Crippen LogP contribution is -2.69. The minimum absolute atomic E-state index is 0.0188. The van der Waals surface area contributed by atoms with Crippen LogP contribution in [0.4, 0.5) is 23.8 Å². The average molecular weight is 383 g/mol. The molecule has 1 atom stereocenters. The van der Waals surface area contributed by atoms with E-state index in [4.69, 9.17) is 4.74 Å². The average Bonchev–Trinajstić information content (AvgIpc) is 2.62. The van der Waals surface area contributed by atoms with Gasteiger partial charge in [0.1, 0.15) is 11.6 Å². The molecule has 1 heterocycles. The summed E-state index contributed by atoms with van der Waals surface area (Å²) in [6.45, 7) is 0.980.